The van der Waals surface area contributed by atoms with E-state index in [9.17, 15) is 18.0 Å². The van der Waals surface area contributed by atoms with Gasteiger partial charge in [0.15, 0.2) is 6.54 Å². The van der Waals surface area contributed by atoms with Crippen molar-refractivity contribution < 1.29 is 27.6 Å². The van der Waals surface area contributed by atoms with Crippen LogP contribution in [0.25, 0.3) is 0 Å². The molecule has 2 heterocycles. The van der Waals surface area contributed by atoms with Gasteiger partial charge >= 0.3 is 5.97 Å². The highest BCUT2D eigenvalue weighted by Gasteiger charge is 2.31. The zero-order valence-electron chi connectivity index (χ0n) is 17.2. The van der Waals surface area contributed by atoms with E-state index in [4.69, 9.17) is 4.74 Å². The fraction of sp³-hybridized carbons (Fsp3) is 0.400. The molecule has 0 radical (unpaired) electrons. The molecule has 1 amide bonds. The van der Waals surface area contributed by atoms with Gasteiger partial charge in [-0.1, -0.05) is 18.2 Å². The normalized spacial score (nSPS) is 15.7. The van der Waals surface area contributed by atoms with Gasteiger partial charge in [-0.15, -0.1) is 11.3 Å². The third kappa shape index (κ3) is 4.72. The average molecular weight is 453 g/mol. The molecule has 0 aliphatic carbocycles. The zero-order valence-corrected chi connectivity index (χ0v) is 18.9. The van der Waals surface area contributed by atoms with E-state index in [-0.39, 0.29) is 17.3 Å². The number of amides is 1. The number of quaternary nitrogens is 1. The number of rotatable bonds is 6. The van der Waals surface area contributed by atoms with Crippen LogP contribution in [0, 0.1) is 13.8 Å². The molecule has 162 valence electrons. The Hall–Kier alpha value is -2.27. The zero-order chi connectivity index (χ0) is 21.9. The van der Waals surface area contributed by atoms with Gasteiger partial charge < -0.3 is 15.0 Å². The molecule has 3 rings (SSSR count). The number of nitrogens with one attached hydrogen (secondary N) is 2. The number of esters is 1. The number of carbonyl (C=O) groups excluding carboxylic acids is 2. The lowest BCUT2D eigenvalue weighted by Gasteiger charge is -2.31. The van der Waals surface area contributed by atoms with Gasteiger partial charge in [-0.05, 0) is 31.5 Å². The summed E-state index contributed by atoms with van der Waals surface area (Å²) >= 11 is 1.35. The second-order valence-corrected chi connectivity index (χ2v) is 10.3. The number of anilines is 1. The standard InChI is InChI=1S/C20H25N3O5S2/c1-14-15(2)29-19(18(14)20(25)28-3)21-17(24)13-22-9-11-23(12-10-22)30(26,27)16-7-5-4-6-8-16/h4-8H,9-13H2,1-3H3,(H,21,24)/p+1. The maximum absolute atomic E-state index is 12.7. The van der Waals surface area contributed by atoms with Crippen LogP contribution >= 0.6 is 11.3 Å². The van der Waals surface area contributed by atoms with Crippen molar-refractivity contribution in [2.24, 2.45) is 0 Å². The molecular formula is C20H26N3O5S2+. The second-order valence-electron chi connectivity index (χ2n) is 7.17. The van der Waals surface area contributed by atoms with E-state index in [1.54, 1.807) is 30.3 Å². The Morgan fingerprint density at radius 1 is 1.17 bits per heavy atom. The molecule has 0 bridgehead atoms. The number of ether oxygens (including phenoxy) is 1. The van der Waals surface area contributed by atoms with Crippen LogP contribution in [0.4, 0.5) is 5.00 Å². The quantitative estimate of drug-likeness (QED) is 0.629. The monoisotopic (exact) mass is 452 g/mol. The van der Waals surface area contributed by atoms with Crippen LogP contribution in [0.15, 0.2) is 35.2 Å². The lowest BCUT2D eigenvalue weighted by atomic mass is 10.1. The summed E-state index contributed by atoms with van der Waals surface area (Å²) in [5.74, 6) is -0.685. The molecular weight excluding hydrogens is 426 g/mol. The van der Waals surface area contributed by atoms with E-state index < -0.39 is 16.0 Å². The van der Waals surface area contributed by atoms with Crippen molar-refractivity contribution in [3.8, 4) is 0 Å². The molecule has 1 aromatic carbocycles. The highest BCUT2D eigenvalue weighted by Crippen LogP contribution is 2.32. The molecule has 2 aromatic rings. The summed E-state index contributed by atoms with van der Waals surface area (Å²) in [6, 6.07) is 8.37. The van der Waals surface area contributed by atoms with Gasteiger partial charge in [-0.3, -0.25) is 4.79 Å². The molecule has 2 N–H and O–H groups in total. The molecule has 1 aliphatic rings. The van der Waals surface area contributed by atoms with E-state index in [1.807, 2.05) is 13.8 Å². The second kappa shape index (κ2) is 9.25. The molecule has 8 nitrogen and oxygen atoms in total. The molecule has 30 heavy (non-hydrogen) atoms. The van der Waals surface area contributed by atoms with Crippen LogP contribution in [0.2, 0.25) is 0 Å². The number of sulfonamides is 1. The van der Waals surface area contributed by atoms with Crippen molar-refractivity contribution in [2.75, 3.05) is 45.2 Å². The van der Waals surface area contributed by atoms with Gasteiger partial charge in [0.2, 0.25) is 10.0 Å². The largest absolute Gasteiger partial charge is 0.465 e. The Kier molecular flexibility index (Phi) is 6.91. The summed E-state index contributed by atoms with van der Waals surface area (Å²) in [6.07, 6.45) is 0. The number of thiophene rings is 1. The first-order chi connectivity index (χ1) is 14.2. The smallest absolute Gasteiger partial charge is 0.341 e. The van der Waals surface area contributed by atoms with Crippen LogP contribution in [0.5, 0.6) is 0 Å². The summed E-state index contributed by atoms with van der Waals surface area (Å²) in [4.78, 5) is 26.8. The first-order valence-corrected chi connectivity index (χ1v) is 11.9. The van der Waals surface area contributed by atoms with Gasteiger partial charge in [0.05, 0.1) is 43.7 Å². The van der Waals surface area contributed by atoms with Crippen molar-refractivity contribution in [1.29, 1.82) is 0 Å². The number of benzene rings is 1. The minimum atomic E-state index is -3.51. The van der Waals surface area contributed by atoms with Gasteiger partial charge in [0.25, 0.3) is 5.91 Å². The molecule has 1 fully saturated rings. The molecule has 1 saturated heterocycles. The summed E-state index contributed by atoms with van der Waals surface area (Å²) in [5.41, 5.74) is 1.19. The molecule has 10 heteroatoms. The highest BCUT2D eigenvalue weighted by atomic mass is 32.2. The number of hydrogen-bond donors (Lipinski definition) is 2. The molecule has 0 saturated carbocycles. The molecule has 0 unspecified atom stereocenters. The first-order valence-electron chi connectivity index (χ1n) is 9.61. The van der Waals surface area contributed by atoms with Crippen LogP contribution in [0.1, 0.15) is 20.8 Å². The average Bonchev–Trinajstić information content (AvgIpc) is 3.01. The molecule has 0 atom stereocenters. The summed E-state index contributed by atoms with van der Waals surface area (Å²) in [5, 5.41) is 3.32. The van der Waals surface area contributed by atoms with Gasteiger partial charge in [0.1, 0.15) is 5.00 Å². The number of nitrogens with zero attached hydrogens (tertiary/aromatic N) is 1. The Morgan fingerprint density at radius 3 is 2.40 bits per heavy atom. The first kappa shape index (κ1) is 22.4. The van der Waals surface area contributed by atoms with Crippen LogP contribution in [0.3, 0.4) is 0 Å². The van der Waals surface area contributed by atoms with E-state index >= 15 is 0 Å². The van der Waals surface area contributed by atoms with E-state index in [0.29, 0.717) is 36.7 Å². The van der Waals surface area contributed by atoms with Gasteiger partial charge in [-0.25, -0.2) is 13.2 Å². The molecule has 0 spiro atoms. The van der Waals surface area contributed by atoms with Crippen LogP contribution in [-0.4, -0.2) is 64.4 Å². The Morgan fingerprint density at radius 2 is 1.80 bits per heavy atom. The Bertz CT molecular complexity index is 1030. The number of methoxy groups -OCH3 is 1. The topological polar surface area (TPSA) is 97.2 Å². The van der Waals surface area contributed by atoms with Crippen LogP contribution < -0.4 is 10.2 Å². The van der Waals surface area contributed by atoms with Crippen LogP contribution in [-0.2, 0) is 19.6 Å². The fourth-order valence-electron chi connectivity index (χ4n) is 3.42. The Labute approximate surface area is 180 Å². The highest BCUT2D eigenvalue weighted by molar-refractivity contribution is 7.89. The summed E-state index contributed by atoms with van der Waals surface area (Å²) < 4.78 is 31.7. The fourth-order valence-corrected chi connectivity index (χ4v) is 5.95. The van der Waals surface area contributed by atoms with E-state index in [2.05, 4.69) is 5.32 Å². The number of piperazine rings is 1. The maximum atomic E-state index is 12.7. The van der Waals surface area contributed by atoms with Crippen molar-refractivity contribution in [3.05, 3.63) is 46.3 Å². The van der Waals surface area contributed by atoms with Gasteiger partial charge in [-0.2, -0.15) is 4.31 Å². The Balaban J connectivity index is 1.59. The predicted octanol–water partition coefficient (Wildman–Crippen LogP) is 0.679. The van der Waals surface area contributed by atoms with Crippen molar-refractivity contribution >= 4 is 38.2 Å². The lowest BCUT2D eigenvalue weighted by molar-refractivity contribution is -0.895. The van der Waals surface area contributed by atoms with Gasteiger partial charge in [0, 0.05) is 4.88 Å². The van der Waals surface area contributed by atoms with Crippen molar-refractivity contribution in [2.45, 2.75) is 18.7 Å². The minimum absolute atomic E-state index is 0.204. The number of aryl methyl sites for hydroxylation is 1. The molecule has 1 aromatic heterocycles. The SMILES string of the molecule is COC(=O)c1c(NC(=O)C[NH+]2CCN(S(=O)(=O)c3ccccc3)CC2)sc(C)c1C. The van der Waals surface area contributed by atoms with E-state index in [1.165, 1.54) is 22.8 Å². The van der Waals surface area contributed by atoms with Crippen molar-refractivity contribution in [1.82, 2.24) is 4.31 Å². The lowest BCUT2D eigenvalue weighted by Crippen LogP contribution is -3.15. The number of carbonyl (C=O) groups is 2. The predicted molar refractivity (Wildman–Crippen MR) is 115 cm³/mol. The maximum Gasteiger partial charge on any atom is 0.341 e. The number of hydrogen-bond acceptors (Lipinski definition) is 6. The molecule has 1 aliphatic heterocycles. The summed E-state index contributed by atoms with van der Waals surface area (Å²) in [6.45, 7) is 5.69. The third-order valence-corrected chi connectivity index (χ3v) is 8.28. The summed E-state index contributed by atoms with van der Waals surface area (Å²) in [7, 11) is -2.20. The minimum Gasteiger partial charge on any atom is -0.465 e. The van der Waals surface area contributed by atoms with Crippen molar-refractivity contribution in [3.63, 3.8) is 0 Å². The van der Waals surface area contributed by atoms with E-state index in [0.717, 1.165) is 15.3 Å². The third-order valence-electron chi connectivity index (χ3n) is 5.25.